The van der Waals surface area contributed by atoms with Gasteiger partial charge in [-0.15, -0.1) is 5.10 Å². The number of aliphatic hydroxyl groups excluding tert-OH is 1. The number of H-pyrrole nitrogens is 1. The van der Waals surface area contributed by atoms with Gasteiger partial charge in [0.15, 0.2) is 17.4 Å². The van der Waals surface area contributed by atoms with Crippen molar-refractivity contribution in [2.24, 2.45) is 11.8 Å². The first-order valence-electron chi connectivity index (χ1n) is 12.4. The highest BCUT2D eigenvalue weighted by molar-refractivity contribution is 8.44. The molecule has 2 aliphatic heterocycles. The fourth-order valence-electron chi connectivity index (χ4n) is 5.06. The van der Waals surface area contributed by atoms with Crippen LogP contribution in [0.3, 0.4) is 0 Å². The predicted molar refractivity (Wildman–Crippen MR) is 144 cm³/mol. The zero-order valence-electron chi connectivity index (χ0n) is 21.0. The molecule has 9 atom stereocenters. The van der Waals surface area contributed by atoms with Crippen LogP contribution in [0.1, 0.15) is 19.1 Å². The molecule has 0 aromatic carbocycles. The first-order valence-corrected chi connectivity index (χ1v) is 17.7. The van der Waals surface area contributed by atoms with Crippen molar-refractivity contribution < 1.29 is 42.1 Å². The molecule has 3 aromatic heterocycles. The van der Waals surface area contributed by atoms with Gasteiger partial charge in [-0.2, -0.15) is 4.68 Å². The molecule has 3 fully saturated rings. The van der Waals surface area contributed by atoms with Crippen LogP contribution in [0.4, 0.5) is 0 Å². The van der Waals surface area contributed by atoms with Gasteiger partial charge in [0.2, 0.25) is 5.88 Å². The van der Waals surface area contributed by atoms with E-state index in [9.17, 15) is 19.4 Å². The number of hydrogen-bond donors (Lipinski definition) is 4. The molecule has 21 heteroatoms. The Labute approximate surface area is 241 Å². The Bertz CT molecular complexity index is 1550. The maximum atomic E-state index is 13.4. The van der Waals surface area contributed by atoms with Crippen LogP contribution in [-0.4, -0.2) is 89.2 Å². The minimum atomic E-state index is -4.12. The van der Waals surface area contributed by atoms with Crippen molar-refractivity contribution in [2.75, 3.05) is 19.8 Å². The maximum Gasteiger partial charge on any atom is 0.386 e. The molecule has 2 bridgehead atoms. The number of aromatic nitrogens is 7. The van der Waals surface area contributed by atoms with Crippen LogP contribution in [0.5, 0.6) is 5.88 Å². The summed E-state index contributed by atoms with van der Waals surface area (Å²) in [7, 11) is 0. The smallest absolute Gasteiger partial charge is 0.386 e. The van der Waals surface area contributed by atoms with E-state index in [-0.39, 0.29) is 42.3 Å². The Hall–Kier alpha value is -1.89. The predicted octanol–water partition coefficient (Wildman–Crippen LogP) is 0.740. The van der Waals surface area contributed by atoms with Crippen molar-refractivity contribution in [3.05, 3.63) is 35.3 Å². The normalized spacial score (nSPS) is 38.4. The van der Waals surface area contributed by atoms with Crippen molar-refractivity contribution in [1.29, 1.82) is 0 Å². The Morgan fingerprint density at radius 1 is 1.17 bits per heavy atom. The molecule has 3 N–H and O–H groups in total. The molecule has 2 unspecified atom stereocenters. The largest absolute Gasteiger partial charge is 0.474 e. The van der Waals surface area contributed by atoms with E-state index in [0.717, 1.165) is 11.0 Å². The third-order valence-corrected chi connectivity index (χ3v) is 10.2. The Morgan fingerprint density at radius 3 is 2.68 bits per heavy atom. The average molecular weight is 650 g/mol. The van der Waals surface area contributed by atoms with E-state index in [1.165, 1.54) is 6.33 Å². The minimum absolute atomic E-state index is 0.00760. The molecule has 3 aromatic rings. The van der Waals surface area contributed by atoms with Gasteiger partial charge in [0.05, 0.1) is 26.1 Å². The molecule has 17 nitrogen and oxygen atoms in total. The Kier molecular flexibility index (Phi) is 8.30. The van der Waals surface area contributed by atoms with E-state index in [4.69, 9.17) is 39.4 Å². The highest BCUT2D eigenvalue weighted by Crippen LogP contribution is 2.58. The van der Waals surface area contributed by atoms with Crippen LogP contribution >= 0.6 is 25.8 Å². The van der Waals surface area contributed by atoms with Gasteiger partial charge in [-0.3, -0.25) is 9.32 Å². The zero-order chi connectivity index (χ0) is 28.8. The van der Waals surface area contributed by atoms with Crippen molar-refractivity contribution >= 4 is 48.7 Å². The Balaban J connectivity index is 1.26. The second-order valence-electron chi connectivity index (χ2n) is 9.67. The highest BCUT2D eigenvalue weighted by Gasteiger charge is 2.51. The topological polar surface area (TPSA) is 215 Å². The number of ether oxygens (including phenoxy) is 2. The summed E-state index contributed by atoms with van der Waals surface area (Å²) in [5, 5.41) is 18.8. The van der Waals surface area contributed by atoms with Crippen LogP contribution in [0.25, 0.3) is 11.2 Å². The first-order chi connectivity index (χ1) is 19.6. The standard InChI is InChI=1S/C20H25N7O10P2S2/c28-16-13-7-34-38(30,40)32-5-10-3-12(35-14-1-2-21-8-22-14)4-11(10)6-33-39(31,41)37-17(16)20(36-13)27-18-15(25-26-27)19(29)24-9-23-18/h1-2,8-13,16-17,20,28H,3-7H2,(H,30,40)(H,31,41)(H,23,24,29)/t10-,11-,12+,13-,16-,17-,20-,38?,39?/m1/s1. The third-order valence-electron chi connectivity index (χ3n) is 7.02. The van der Waals surface area contributed by atoms with Crippen molar-refractivity contribution in [3.8, 4) is 5.88 Å². The van der Waals surface area contributed by atoms with Crippen molar-refractivity contribution in [3.63, 3.8) is 0 Å². The molecule has 5 heterocycles. The molecule has 0 radical (unpaired) electrons. The van der Waals surface area contributed by atoms with Gasteiger partial charge < -0.3 is 38.0 Å². The molecule has 0 spiro atoms. The van der Waals surface area contributed by atoms with Crippen molar-refractivity contribution in [1.82, 2.24) is 34.9 Å². The summed E-state index contributed by atoms with van der Waals surface area (Å²) in [4.78, 5) is 37.3. The van der Waals surface area contributed by atoms with E-state index < -0.39 is 50.2 Å². The number of hydrogen-bond acceptors (Lipinski definition) is 15. The fourth-order valence-corrected chi connectivity index (χ4v) is 7.72. The van der Waals surface area contributed by atoms with Gasteiger partial charge >= 0.3 is 13.5 Å². The summed E-state index contributed by atoms with van der Waals surface area (Å²) in [5.41, 5.74) is -0.622. The van der Waals surface area contributed by atoms with Crippen LogP contribution in [0.2, 0.25) is 0 Å². The second-order valence-corrected chi connectivity index (χ2v) is 15.4. The number of nitrogens with one attached hydrogen (secondary N) is 1. The SMILES string of the molecule is O=c1[nH]cnc2c1nnn2[C@@H]1O[C@@H]2COP(O)(=S)OC[C@H]3C[C@H](Oc4ccncn4)C[C@@H]3COP(=O)(S)O[C@@H]1[C@@H]2O. The summed E-state index contributed by atoms with van der Waals surface area (Å²) in [6, 6.07) is 1.63. The van der Waals surface area contributed by atoms with Crippen LogP contribution in [-0.2, 0) is 39.2 Å². The summed E-state index contributed by atoms with van der Waals surface area (Å²) in [6.07, 6.45) is -0.517. The maximum absolute atomic E-state index is 13.4. The lowest BCUT2D eigenvalue weighted by atomic mass is 9.98. The molecular formula is C20H25N7O10P2S2. The average Bonchev–Trinajstić information content (AvgIpc) is 3.62. The molecular weight excluding hydrogens is 624 g/mol. The van der Waals surface area contributed by atoms with E-state index >= 15 is 0 Å². The van der Waals surface area contributed by atoms with Gasteiger partial charge in [-0.1, -0.05) is 17.5 Å². The number of thiol groups is 1. The van der Waals surface area contributed by atoms with Gasteiger partial charge in [0, 0.05) is 12.3 Å². The molecule has 1 aliphatic carbocycles. The van der Waals surface area contributed by atoms with Gasteiger partial charge in [0.25, 0.3) is 5.56 Å². The van der Waals surface area contributed by atoms with E-state index in [2.05, 4.69) is 42.5 Å². The van der Waals surface area contributed by atoms with Gasteiger partial charge in [-0.05, 0) is 36.5 Å². The number of aromatic amines is 1. The van der Waals surface area contributed by atoms with E-state index in [0.29, 0.717) is 18.7 Å². The van der Waals surface area contributed by atoms with E-state index in [1.54, 1.807) is 12.3 Å². The second kappa shape index (κ2) is 11.7. The number of nitrogens with zero attached hydrogens (tertiary/aromatic N) is 6. The molecule has 1 saturated carbocycles. The fraction of sp³-hybridized carbons (Fsp3) is 0.600. The summed E-state index contributed by atoms with van der Waals surface area (Å²) in [6.45, 7) is -8.36. The monoisotopic (exact) mass is 649 g/mol. The molecule has 6 rings (SSSR count). The van der Waals surface area contributed by atoms with Gasteiger partial charge in [-0.25, -0.2) is 19.5 Å². The molecule has 222 valence electrons. The van der Waals surface area contributed by atoms with Crippen LogP contribution in [0.15, 0.2) is 29.7 Å². The minimum Gasteiger partial charge on any atom is -0.474 e. The first kappa shape index (κ1) is 29.2. The number of fused-ring (bicyclic) bond motifs is 4. The van der Waals surface area contributed by atoms with Gasteiger partial charge in [0.1, 0.15) is 30.7 Å². The molecule has 0 amide bonds. The van der Waals surface area contributed by atoms with Crippen LogP contribution < -0.4 is 10.3 Å². The zero-order valence-corrected chi connectivity index (χ0v) is 24.5. The van der Waals surface area contributed by atoms with Crippen LogP contribution in [0, 0.1) is 11.8 Å². The third kappa shape index (κ3) is 6.40. The quantitative estimate of drug-likeness (QED) is 0.227. The molecule has 2 saturated heterocycles. The number of aliphatic hydroxyl groups is 1. The molecule has 41 heavy (non-hydrogen) atoms. The van der Waals surface area contributed by atoms with E-state index in [1.807, 2.05) is 0 Å². The summed E-state index contributed by atoms with van der Waals surface area (Å²) < 4.78 is 49.0. The number of rotatable bonds is 3. The summed E-state index contributed by atoms with van der Waals surface area (Å²) in [5.74, 6) is -0.0791. The molecule has 3 aliphatic rings. The Morgan fingerprint density at radius 2 is 1.93 bits per heavy atom. The highest BCUT2D eigenvalue weighted by atomic mass is 32.7. The lowest BCUT2D eigenvalue weighted by Crippen LogP contribution is -2.35. The van der Waals surface area contributed by atoms with Crippen molar-refractivity contribution in [2.45, 2.75) is 43.5 Å². The lowest BCUT2D eigenvalue weighted by molar-refractivity contribution is -0.0533. The summed E-state index contributed by atoms with van der Waals surface area (Å²) >= 11 is 9.35. The lowest BCUT2D eigenvalue weighted by Gasteiger charge is -2.27.